The Hall–Kier alpha value is -6.19. The predicted molar refractivity (Wildman–Crippen MR) is 315 cm³/mol. The Bertz CT molecular complexity index is 3020. The molecule has 12 rings (SSSR count). The van der Waals surface area contributed by atoms with Gasteiger partial charge in [0.25, 0.3) is 0 Å². The summed E-state index contributed by atoms with van der Waals surface area (Å²) in [7, 11) is 0. The summed E-state index contributed by atoms with van der Waals surface area (Å²) in [5.41, 5.74) is 13.3. The second-order valence-corrected chi connectivity index (χ2v) is 25.9. The van der Waals surface area contributed by atoms with E-state index < -0.39 is 18.1 Å². The maximum absolute atomic E-state index is 14.4. The molecule has 6 saturated heterocycles. The van der Waals surface area contributed by atoms with Gasteiger partial charge in [-0.05, 0) is 132 Å². The van der Waals surface area contributed by atoms with E-state index in [0.717, 1.165) is 143 Å². The van der Waals surface area contributed by atoms with Crippen molar-refractivity contribution in [3.05, 3.63) is 83.2 Å². The summed E-state index contributed by atoms with van der Waals surface area (Å²) in [5.74, 6) is 1.45. The highest BCUT2D eigenvalue weighted by molar-refractivity contribution is 7.13. The fourth-order valence-electron chi connectivity index (χ4n) is 14.5. The maximum Gasteiger partial charge on any atom is 0.243 e. The molecular weight excluding hydrogens is 1060 g/mol. The highest BCUT2D eigenvalue weighted by Crippen LogP contribution is 2.41. The molecule has 0 radical (unpaired) electrons. The number of nitrogens with one attached hydrogen (secondary N) is 1. The van der Waals surface area contributed by atoms with Gasteiger partial charge in [-0.25, -0.2) is 4.98 Å². The number of ether oxygens (including phenoxy) is 1. The largest absolute Gasteiger partial charge is 0.507 e. The Morgan fingerprint density at radius 3 is 2.22 bits per heavy atom. The zero-order chi connectivity index (χ0) is 56.8. The number of aliphatic hydroxyl groups is 1. The summed E-state index contributed by atoms with van der Waals surface area (Å²) in [6, 6.07) is 18.8. The predicted octanol–water partition coefficient (Wildman–Crippen LogP) is 7.25. The van der Waals surface area contributed by atoms with Crippen LogP contribution in [-0.4, -0.2) is 176 Å². The van der Waals surface area contributed by atoms with Crippen molar-refractivity contribution in [2.75, 3.05) is 81.0 Å². The van der Waals surface area contributed by atoms with Crippen LogP contribution in [-0.2, 0) is 19.1 Å². The molecule has 3 aromatic heterocycles. The van der Waals surface area contributed by atoms with E-state index >= 15 is 0 Å². The topological polar surface area (TPSA) is 223 Å². The van der Waals surface area contributed by atoms with E-state index in [4.69, 9.17) is 15.0 Å². The molecule has 9 heterocycles. The van der Waals surface area contributed by atoms with Crippen molar-refractivity contribution in [2.24, 2.45) is 17.8 Å². The molecule has 7 aliphatic rings. The minimum atomic E-state index is -0.801. The number of thiazole rings is 1. The Labute approximate surface area is 485 Å². The van der Waals surface area contributed by atoms with Gasteiger partial charge in [0, 0.05) is 94.5 Å². The van der Waals surface area contributed by atoms with E-state index in [2.05, 4.69) is 50.2 Å². The number of aromatic hydroxyl groups is 1. The monoisotopic (exact) mass is 1140 g/mol. The molecule has 20 heteroatoms. The Kier molecular flexibility index (Phi) is 16.6. The number of carbonyl (C=O) groups excluding carboxylic acids is 3. The van der Waals surface area contributed by atoms with Crippen LogP contribution >= 0.6 is 11.3 Å². The van der Waals surface area contributed by atoms with Gasteiger partial charge in [-0.15, -0.1) is 21.5 Å². The number of anilines is 3. The van der Waals surface area contributed by atoms with Gasteiger partial charge in [0.2, 0.25) is 17.7 Å². The van der Waals surface area contributed by atoms with Gasteiger partial charge in [0.15, 0.2) is 17.4 Å². The molecule has 19 nitrogen and oxygen atoms in total. The van der Waals surface area contributed by atoms with E-state index in [1.165, 1.54) is 0 Å². The number of phenols is 1. The molecule has 438 valence electrons. The summed E-state index contributed by atoms with van der Waals surface area (Å²) in [6.45, 7) is 16.3. The number of nitrogens with two attached hydrogens (primary N) is 1. The summed E-state index contributed by atoms with van der Waals surface area (Å²) >= 11 is 1.60. The third kappa shape index (κ3) is 11.8. The molecule has 6 aliphatic heterocycles. The third-order valence-corrected chi connectivity index (χ3v) is 20.3. The standard InChI is InChI=1S/C62H82N12O7S/c1-37(2)57(62(79)73-35-47(75)29-53(73)60(77)65-38(3)41-9-11-42(12-10-41)58-39(4)64-36-82-58)55-31-56(68-81-55)71-23-15-40(16-24-71)32-69-21-19-48(20-22-69)80-49-27-46(28-49)70-25-17-43(18-26-70)61(78)74-44-13-14-45(74)34-72(33-44)52-30-51(66-67-59(52)63)50-7-5-6-8-54(50)76/h5-12,30-31,36-38,40,43-49,53,57,75-76H,13-29,32-35H2,1-4H3,(H2,63,67)(H,65,77)/t38-,44+,45?,46?,47+,49?,53-,57+/m0/s1. The Balaban J connectivity index is 0.546. The first-order chi connectivity index (χ1) is 39.7. The van der Waals surface area contributed by atoms with Crippen LogP contribution in [0.5, 0.6) is 5.75 Å². The Morgan fingerprint density at radius 1 is 0.817 bits per heavy atom. The molecule has 82 heavy (non-hydrogen) atoms. The molecular formula is C62H82N12O7S. The smallest absolute Gasteiger partial charge is 0.243 e. The van der Waals surface area contributed by atoms with Crippen LogP contribution in [0.25, 0.3) is 21.7 Å². The number of piperidine rings is 3. The van der Waals surface area contributed by atoms with Gasteiger partial charge in [0.1, 0.15) is 17.7 Å². The van der Waals surface area contributed by atoms with Crippen molar-refractivity contribution in [1.82, 2.24) is 45.3 Å². The van der Waals surface area contributed by atoms with Crippen molar-refractivity contribution in [2.45, 2.75) is 153 Å². The minimum absolute atomic E-state index is 0.0698. The molecule has 5 aromatic rings. The van der Waals surface area contributed by atoms with E-state index in [0.29, 0.717) is 66.0 Å². The molecule has 2 bridgehead atoms. The number of amides is 3. The van der Waals surface area contributed by atoms with Crippen LogP contribution in [0.2, 0.25) is 0 Å². The van der Waals surface area contributed by atoms with Crippen molar-refractivity contribution in [3.63, 3.8) is 0 Å². The van der Waals surface area contributed by atoms with E-state index in [-0.39, 0.29) is 60.5 Å². The number of nitrogen functional groups attached to an aromatic ring is 1. The van der Waals surface area contributed by atoms with Crippen LogP contribution in [0.1, 0.15) is 120 Å². The number of benzene rings is 2. The zero-order valence-electron chi connectivity index (χ0n) is 48.0. The lowest BCUT2D eigenvalue weighted by Crippen LogP contribution is -2.58. The van der Waals surface area contributed by atoms with Crippen molar-refractivity contribution in [1.29, 1.82) is 0 Å². The first-order valence-electron chi connectivity index (χ1n) is 30.3. The van der Waals surface area contributed by atoms with Gasteiger partial charge in [-0.2, -0.15) is 0 Å². The van der Waals surface area contributed by atoms with Crippen LogP contribution in [0, 0.1) is 24.7 Å². The average molecular weight is 1140 g/mol. The molecule has 0 spiro atoms. The average Bonchev–Trinajstić information content (AvgIpc) is 4.47. The highest BCUT2D eigenvalue weighted by Gasteiger charge is 2.47. The van der Waals surface area contributed by atoms with Crippen LogP contribution in [0.4, 0.5) is 17.3 Å². The number of nitrogens with zero attached hydrogens (tertiary/aromatic N) is 10. The number of piperazine rings is 1. The van der Waals surface area contributed by atoms with Crippen LogP contribution < -0.4 is 20.9 Å². The number of fused-ring (bicyclic) bond motifs is 2. The molecule has 2 aromatic carbocycles. The fraction of sp³-hybridized carbons (Fsp3) is 0.597. The van der Waals surface area contributed by atoms with Crippen molar-refractivity contribution in [3.8, 4) is 27.4 Å². The first-order valence-corrected chi connectivity index (χ1v) is 31.2. The Morgan fingerprint density at radius 2 is 1.54 bits per heavy atom. The van der Waals surface area contributed by atoms with Crippen molar-refractivity contribution >= 4 is 46.4 Å². The number of rotatable bonds is 16. The van der Waals surface area contributed by atoms with E-state index in [1.807, 2.05) is 81.7 Å². The molecule has 5 N–H and O–H groups in total. The number of β-amino-alcohol motifs (C(OH)–C–C–N with tert-alkyl or cyclic N) is 1. The number of aromatic nitrogens is 4. The van der Waals surface area contributed by atoms with Crippen molar-refractivity contribution < 1.29 is 33.9 Å². The number of phenolic OH excluding ortho intramolecular Hbond substituents is 1. The summed E-state index contributed by atoms with van der Waals surface area (Å²) in [5, 5.41) is 37.4. The SMILES string of the molecule is Cc1ncsc1-c1ccc([C@H](C)NC(=O)[C@@H]2C[C@@H](O)CN2C(=O)[C@@H](c2cc(N3CCC(CN4CCC(OC5CC(N6CCC(C(=O)N7C8CC[C@@H]7CN(c7cc(-c9ccccc9O)nnc7N)C8)CC6)C5)CC4)CC3)no2)C(C)C)cc1. The lowest BCUT2D eigenvalue weighted by Gasteiger charge is -2.48. The first kappa shape index (κ1) is 56.3. The van der Waals surface area contributed by atoms with E-state index in [9.17, 15) is 24.6 Å². The van der Waals surface area contributed by atoms with Crippen LogP contribution in [0.3, 0.4) is 0 Å². The van der Waals surface area contributed by atoms with Gasteiger partial charge in [0.05, 0.1) is 51.8 Å². The molecule has 7 fully saturated rings. The molecule has 3 amide bonds. The highest BCUT2D eigenvalue weighted by atomic mass is 32.1. The van der Waals surface area contributed by atoms with Gasteiger partial charge >= 0.3 is 0 Å². The third-order valence-electron chi connectivity index (χ3n) is 19.3. The van der Waals surface area contributed by atoms with Gasteiger partial charge in [-0.3, -0.25) is 14.4 Å². The molecule has 1 saturated carbocycles. The maximum atomic E-state index is 14.4. The molecule has 1 aliphatic carbocycles. The molecule has 1 unspecified atom stereocenters. The lowest BCUT2D eigenvalue weighted by molar-refractivity contribution is -0.142. The summed E-state index contributed by atoms with van der Waals surface area (Å²) in [4.78, 5) is 61.4. The number of likely N-dealkylation sites (tertiary alicyclic amines) is 3. The number of hydrogen-bond donors (Lipinski definition) is 4. The van der Waals surface area contributed by atoms with Crippen LogP contribution in [0.15, 0.2) is 70.7 Å². The number of hydrogen-bond acceptors (Lipinski definition) is 17. The minimum Gasteiger partial charge on any atom is -0.507 e. The normalized spacial score (nSPS) is 25.9. The second kappa shape index (κ2) is 24.2. The lowest BCUT2D eigenvalue weighted by atomic mass is 9.84. The zero-order valence-corrected chi connectivity index (χ0v) is 48.8. The second-order valence-electron chi connectivity index (χ2n) is 25.0. The summed E-state index contributed by atoms with van der Waals surface area (Å²) < 4.78 is 12.7. The van der Waals surface area contributed by atoms with Gasteiger partial charge < -0.3 is 59.9 Å². The number of aliphatic hydroxyl groups excluding tert-OH is 1. The number of para-hydroxylation sites is 1. The quantitative estimate of drug-likeness (QED) is 0.0764. The van der Waals surface area contributed by atoms with Gasteiger partial charge in [-0.1, -0.05) is 55.4 Å². The molecule has 6 atom stereocenters. The summed E-state index contributed by atoms with van der Waals surface area (Å²) in [6.07, 6.45) is 10.2. The van der Waals surface area contributed by atoms with E-state index in [1.54, 1.807) is 28.4 Å². The number of aryl methyl sites for hydroxylation is 1. The number of carbonyl (C=O) groups is 3. The fourth-order valence-corrected chi connectivity index (χ4v) is 15.3.